The van der Waals surface area contributed by atoms with Crippen LogP contribution in [0.5, 0.6) is 0 Å². The van der Waals surface area contributed by atoms with Crippen LogP contribution in [-0.4, -0.2) is 42.5 Å². The van der Waals surface area contributed by atoms with Crippen LogP contribution in [0.25, 0.3) is 0 Å². The van der Waals surface area contributed by atoms with E-state index in [1.807, 2.05) is 0 Å². The monoisotopic (exact) mass is 444 g/mol. The third-order valence-electron chi connectivity index (χ3n) is 4.89. The van der Waals surface area contributed by atoms with Gasteiger partial charge < -0.3 is 14.4 Å². The zero-order chi connectivity index (χ0) is 21.1. The molecule has 0 saturated carbocycles. The van der Waals surface area contributed by atoms with E-state index in [0.717, 1.165) is 19.3 Å². The molecule has 29 heavy (non-hydrogen) atoms. The van der Waals surface area contributed by atoms with E-state index in [0.29, 0.717) is 6.42 Å². The van der Waals surface area contributed by atoms with Crippen LogP contribution < -0.4 is 29.6 Å². The first-order valence-corrected chi connectivity index (χ1v) is 12.7. The van der Waals surface area contributed by atoms with Gasteiger partial charge in [-0.3, -0.25) is 0 Å². The molecule has 0 bridgehead atoms. The van der Waals surface area contributed by atoms with Crippen LogP contribution in [0, 0.1) is 0 Å². The maximum Gasteiger partial charge on any atom is 1.00 e. The normalized spacial score (nSPS) is 12.4. The summed E-state index contributed by atoms with van der Waals surface area (Å²) in [4.78, 5) is 11.5. The number of carbonyl (C=O) groups excluding carboxylic acids is 1. The fraction of sp³-hybridized carbons (Fsp3) is 0.952. The number of carbonyl (C=O) groups is 1. The quantitative estimate of drug-likeness (QED) is 0.133. The minimum Gasteiger partial charge on any atom is -0.748 e. The summed E-state index contributed by atoms with van der Waals surface area (Å²) in [5, 5.41) is 9.71. The third kappa shape index (κ3) is 24.5. The molecule has 8 heteroatoms. The molecule has 0 radical (unpaired) electrons. The topological polar surface area (TPSA) is 104 Å². The van der Waals surface area contributed by atoms with Gasteiger partial charge in [0.25, 0.3) is 0 Å². The Morgan fingerprint density at radius 3 is 1.66 bits per heavy atom. The van der Waals surface area contributed by atoms with Crippen molar-refractivity contribution < 1.29 is 57.2 Å². The molecule has 0 fully saturated rings. The molecule has 0 aromatic rings. The average Bonchev–Trinajstić information content (AvgIpc) is 2.64. The van der Waals surface area contributed by atoms with Gasteiger partial charge in [-0.15, -0.1) is 0 Å². The molecule has 168 valence electrons. The summed E-state index contributed by atoms with van der Waals surface area (Å²) < 4.78 is 36.0. The van der Waals surface area contributed by atoms with E-state index >= 15 is 0 Å². The van der Waals surface area contributed by atoms with E-state index in [2.05, 4.69) is 6.92 Å². The molecule has 1 unspecified atom stereocenters. The maximum atomic E-state index is 11.5. The van der Waals surface area contributed by atoms with E-state index in [-0.39, 0.29) is 42.6 Å². The van der Waals surface area contributed by atoms with E-state index < -0.39 is 27.9 Å². The van der Waals surface area contributed by atoms with Crippen molar-refractivity contribution in [1.82, 2.24) is 0 Å². The molecule has 1 atom stereocenters. The first kappa shape index (κ1) is 31.5. The molecular formula is C21H41NaO6S. The summed E-state index contributed by atoms with van der Waals surface area (Å²) in [7, 11) is -4.28. The Kier molecular flexibility index (Phi) is 23.4. The second kappa shape index (κ2) is 21.6. The maximum absolute atomic E-state index is 11.5. The number of esters is 1. The number of hydrogen-bond acceptors (Lipinski definition) is 6. The summed E-state index contributed by atoms with van der Waals surface area (Å²) >= 11 is 0. The van der Waals surface area contributed by atoms with Crippen molar-refractivity contribution in [2.24, 2.45) is 0 Å². The number of aliphatic hydroxyl groups is 1. The number of hydrogen-bond donors (Lipinski definition) is 1. The smallest absolute Gasteiger partial charge is 0.748 e. The standard InChI is InChI=1S/C21H42O6S.Na/c1-2-3-4-5-6-7-8-9-10-11-12-13-14-15-17-20(22)21(23)27-18-16-19-28(24,25)26;/h20,22H,2-19H2,1H3,(H,24,25,26);/q;+1/p-1. The molecule has 0 aromatic carbocycles. The van der Waals surface area contributed by atoms with Gasteiger partial charge in [0.1, 0.15) is 0 Å². The van der Waals surface area contributed by atoms with Gasteiger partial charge >= 0.3 is 35.5 Å². The Morgan fingerprint density at radius 2 is 1.24 bits per heavy atom. The van der Waals surface area contributed by atoms with Crippen LogP contribution >= 0.6 is 0 Å². The van der Waals surface area contributed by atoms with Crippen LogP contribution in [0.4, 0.5) is 0 Å². The van der Waals surface area contributed by atoms with E-state index in [1.54, 1.807) is 0 Å². The van der Waals surface area contributed by atoms with Crippen molar-refractivity contribution in [3.8, 4) is 0 Å². The third-order valence-corrected chi connectivity index (χ3v) is 5.67. The van der Waals surface area contributed by atoms with Crippen LogP contribution in [0.2, 0.25) is 0 Å². The minimum atomic E-state index is -4.28. The molecule has 0 aliphatic heterocycles. The largest absolute Gasteiger partial charge is 1.00 e. The van der Waals surface area contributed by atoms with Crippen LogP contribution in [0.15, 0.2) is 0 Å². The average molecular weight is 445 g/mol. The van der Waals surface area contributed by atoms with Gasteiger partial charge in [0.05, 0.1) is 16.7 Å². The number of ether oxygens (including phenoxy) is 1. The van der Waals surface area contributed by atoms with Gasteiger partial charge in [0, 0.05) is 5.75 Å². The van der Waals surface area contributed by atoms with Crippen molar-refractivity contribution in [2.45, 2.75) is 116 Å². The molecular weight excluding hydrogens is 403 g/mol. The Morgan fingerprint density at radius 1 is 0.828 bits per heavy atom. The molecule has 0 saturated heterocycles. The number of aliphatic hydroxyl groups excluding tert-OH is 1. The Balaban J connectivity index is 0. The molecule has 0 amide bonds. The van der Waals surface area contributed by atoms with E-state index in [1.165, 1.54) is 70.6 Å². The van der Waals surface area contributed by atoms with Gasteiger partial charge in [0.15, 0.2) is 6.10 Å². The summed E-state index contributed by atoms with van der Waals surface area (Å²) in [5.74, 6) is -1.30. The summed E-state index contributed by atoms with van der Waals surface area (Å²) in [6.45, 7) is 2.09. The summed E-state index contributed by atoms with van der Waals surface area (Å²) in [5.41, 5.74) is 0. The minimum absolute atomic E-state index is 0. The van der Waals surface area contributed by atoms with Gasteiger partial charge in [-0.05, 0) is 12.8 Å². The van der Waals surface area contributed by atoms with Gasteiger partial charge in [0.2, 0.25) is 0 Å². The van der Waals surface area contributed by atoms with Crippen LogP contribution in [-0.2, 0) is 19.6 Å². The fourth-order valence-corrected chi connectivity index (χ4v) is 3.63. The second-order valence-corrected chi connectivity index (χ2v) is 9.21. The SMILES string of the molecule is CCCCCCCCCCCCCCCCC(O)C(=O)OCCCS(=O)(=O)[O-].[Na+]. The molecule has 0 heterocycles. The molecule has 1 N–H and O–H groups in total. The van der Waals surface area contributed by atoms with Gasteiger partial charge in [-0.25, -0.2) is 13.2 Å². The van der Waals surface area contributed by atoms with Crippen molar-refractivity contribution in [2.75, 3.05) is 12.4 Å². The first-order valence-electron chi connectivity index (χ1n) is 11.1. The van der Waals surface area contributed by atoms with Crippen molar-refractivity contribution >= 4 is 16.1 Å². The molecule has 0 spiro atoms. The Labute approximate surface area is 200 Å². The predicted molar refractivity (Wildman–Crippen MR) is 111 cm³/mol. The van der Waals surface area contributed by atoms with Crippen LogP contribution in [0.3, 0.4) is 0 Å². The van der Waals surface area contributed by atoms with Gasteiger partial charge in [-0.1, -0.05) is 96.8 Å². The second-order valence-electron chi connectivity index (χ2n) is 7.68. The zero-order valence-electron chi connectivity index (χ0n) is 18.7. The van der Waals surface area contributed by atoms with Crippen molar-refractivity contribution in [3.63, 3.8) is 0 Å². The first-order chi connectivity index (χ1) is 13.4. The van der Waals surface area contributed by atoms with E-state index in [9.17, 15) is 22.9 Å². The predicted octanol–water partition coefficient (Wildman–Crippen LogP) is 1.70. The molecule has 0 aliphatic carbocycles. The Hall–Kier alpha value is 0.340. The Bertz CT molecular complexity index is 470. The summed E-state index contributed by atoms with van der Waals surface area (Å²) in [6.07, 6.45) is 16.6. The number of rotatable bonds is 20. The molecule has 0 aliphatic rings. The number of unbranched alkanes of at least 4 members (excludes halogenated alkanes) is 13. The molecule has 0 aromatic heterocycles. The van der Waals surface area contributed by atoms with Crippen molar-refractivity contribution in [1.29, 1.82) is 0 Å². The summed E-state index contributed by atoms with van der Waals surface area (Å²) in [6, 6.07) is 0. The van der Waals surface area contributed by atoms with Gasteiger partial charge in [-0.2, -0.15) is 0 Å². The van der Waals surface area contributed by atoms with Crippen LogP contribution in [0.1, 0.15) is 110 Å². The fourth-order valence-electron chi connectivity index (χ4n) is 3.15. The van der Waals surface area contributed by atoms with E-state index in [4.69, 9.17) is 4.74 Å². The molecule has 0 rings (SSSR count). The molecule has 6 nitrogen and oxygen atoms in total. The zero-order valence-corrected chi connectivity index (χ0v) is 21.5. The van der Waals surface area contributed by atoms with Crippen molar-refractivity contribution in [3.05, 3.63) is 0 Å².